The highest BCUT2D eigenvalue weighted by atomic mass is 28.2. The molecule has 2 fully saturated rings. The van der Waals surface area contributed by atoms with Gasteiger partial charge in [0, 0.05) is 36.0 Å². The van der Waals surface area contributed by atoms with Crippen LogP contribution in [0.15, 0.2) is 24.4 Å². The molecule has 10 nitrogen and oxygen atoms in total. The lowest BCUT2D eigenvalue weighted by molar-refractivity contribution is -0.115. The van der Waals surface area contributed by atoms with Crippen LogP contribution in [0, 0.1) is 0 Å². The van der Waals surface area contributed by atoms with Crippen LogP contribution in [-0.4, -0.2) is 66.8 Å². The zero-order valence-corrected chi connectivity index (χ0v) is 21.9. The molecule has 2 aliphatic carbocycles. The van der Waals surface area contributed by atoms with Gasteiger partial charge in [0.1, 0.15) is 0 Å². The molecule has 0 aliphatic heterocycles. The molecule has 0 saturated heterocycles. The van der Waals surface area contributed by atoms with Crippen molar-refractivity contribution >= 4 is 27.3 Å². The normalized spacial score (nSPS) is 25.8. The molecule has 36 heavy (non-hydrogen) atoms. The van der Waals surface area contributed by atoms with Gasteiger partial charge >= 0.3 is 6.09 Å². The summed E-state index contributed by atoms with van der Waals surface area (Å²) in [6, 6.07) is 5.54. The quantitative estimate of drug-likeness (QED) is 0.378. The molecule has 0 bridgehead atoms. The standard InChI is InChI=1S/C25H35N5O5Si/c1-25(33)9-7-18(8-10-25)27-24(32)35-15-36-19-5-4-17(12-19)20-13-21(30-29-20)28-22(31)11-16-3-6-23(34-2)26-14-16/h3,6,13-14,17-19,33H,4-5,7-12,15H2,1-2H3,(H,27,32)(H2,28,29,30,31)/t17-,18?,19?,25?/m1/s1. The van der Waals surface area contributed by atoms with E-state index >= 15 is 0 Å². The molecule has 2 aromatic rings. The molecule has 2 atom stereocenters. The van der Waals surface area contributed by atoms with Crippen LogP contribution in [0.2, 0.25) is 5.54 Å². The fraction of sp³-hybridized carbons (Fsp3) is 0.600. The average molecular weight is 514 g/mol. The Labute approximate surface area is 213 Å². The van der Waals surface area contributed by atoms with Crippen molar-refractivity contribution in [2.75, 3.05) is 18.7 Å². The highest BCUT2D eigenvalue weighted by Crippen LogP contribution is 2.41. The first-order valence-electron chi connectivity index (χ1n) is 12.5. The molecule has 194 valence electrons. The number of alkyl carbamates (subject to hydrolysis) is 1. The Morgan fingerprint density at radius 1 is 1.25 bits per heavy atom. The second-order valence-corrected chi connectivity index (χ2v) is 11.6. The molecule has 2 aliphatic rings. The van der Waals surface area contributed by atoms with Crippen LogP contribution in [-0.2, 0) is 16.0 Å². The smallest absolute Gasteiger partial charge is 0.407 e. The molecule has 2 radical (unpaired) electrons. The number of hydrogen-bond acceptors (Lipinski definition) is 7. The number of H-pyrrole nitrogens is 1. The summed E-state index contributed by atoms with van der Waals surface area (Å²) in [6.45, 7) is 1.85. The monoisotopic (exact) mass is 513 g/mol. The van der Waals surface area contributed by atoms with E-state index in [-0.39, 0.29) is 24.5 Å². The second kappa shape index (κ2) is 11.9. The van der Waals surface area contributed by atoms with E-state index < -0.39 is 5.60 Å². The summed E-state index contributed by atoms with van der Waals surface area (Å²) >= 11 is 0. The zero-order valence-electron chi connectivity index (χ0n) is 20.9. The van der Waals surface area contributed by atoms with Gasteiger partial charge in [0.2, 0.25) is 11.8 Å². The van der Waals surface area contributed by atoms with Crippen molar-refractivity contribution in [3.63, 3.8) is 0 Å². The summed E-state index contributed by atoms with van der Waals surface area (Å²) in [6.07, 6.45) is 7.99. The molecule has 2 amide bonds. The Hall–Kier alpha value is -2.92. The van der Waals surface area contributed by atoms with E-state index in [9.17, 15) is 14.7 Å². The number of ether oxygens (including phenoxy) is 2. The van der Waals surface area contributed by atoms with Crippen LogP contribution >= 0.6 is 0 Å². The third kappa shape index (κ3) is 7.54. The van der Waals surface area contributed by atoms with Crippen molar-refractivity contribution in [3.05, 3.63) is 35.7 Å². The Morgan fingerprint density at radius 3 is 2.78 bits per heavy atom. The largest absolute Gasteiger partial charge is 0.481 e. The Kier molecular flexibility index (Phi) is 8.63. The van der Waals surface area contributed by atoms with Crippen LogP contribution in [0.25, 0.3) is 0 Å². The zero-order chi connectivity index (χ0) is 25.5. The molecule has 0 spiro atoms. The number of methoxy groups -OCH3 is 1. The first kappa shape index (κ1) is 26.1. The van der Waals surface area contributed by atoms with Crippen LogP contribution in [0.5, 0.6) is 5.88 Å². The minimum Gasteiger partial charge on any atom is -0.481 e. The third-order valence-corrected chi connectivity index (χ3v) is 8.48. The second-order valence-electron chi connectivity index (χ2n) is 10.0. The lowest BCUT2D eigenvalue weighted by Crippen LogP contribution is -2.42. The van der Waals surface area contributed by atoms with Gasteiger partial charge < -0.3 is 25.2 Å². The molecule has 4 rings (SSSR count). The topological polar surface area (TPSA) is 138 Å². The predicted octanol–water partition coefficient (Wildman–Crippen LogP) is 3.13. The van der Waals surface area contributed by atoms with E-state index in [0.717, 1.165) is 43.4 Å². The number of nitrogens with one attached hydrogen (secondary N) is 3. The Morgan fingerprint density at radius 2 is 2.06 bits per heavy atom. The average Bonchev–Trinajstić information content (AvgIpc) is 3.50. The van der Waals surface area contributed by atoms with E-state index in [1.54, 1.807) is 19.4 Å². The number of aromatic amines is 1. The van der Waals surface area contributed by atoms with Gasteiger partial charge in [-0.1, -0.05) is 12.5 Å². The highest BCUT2D eigenvalue weighted by Gasteiger charge is 2.30. The van der Waals surface area contributed by atoms with Crippen LogP contribution in [0.3, 0.4) is 0 Å². The molecule has 4 N–H and O–H groups in total. The number of carbonyl (C=O) groups is 2. The van der Waals surface area contributed by atoms with E-state index in [0.29, 0.717) is 51.7 Å². The predicted molar refractivity (Wildman–Crippen MR) is 135 cm³/mol. The van der Waals surface area contributed by atoms with Crippen molar-refractivity contribution in [1.29, 1.82) is 0 Å². The number of aromatic nitrogens is 3. The summed E-state index contributed by atoms with van der Waals surface area (Å²) < 4.78 is 10.5. The van der Waals surface area contributed by atoms with Gasteiger partial charge in [-0.3, -0.25) is 9.89 Å². The van der Waals surface area contributed by atoms with E-state index in [2.05, 4.69) is 25.8 Å². The molecule has 1 unspecified atom stereocenters. The van der Waals surface area contributed by atoms with Crippen molar-refractivity contribution in [3.8, 4) is 5.88 Å². The fourth-order valence-corrected chi connectivity index (χ4v) is 6.16. The minimum atomic E-state index is -0.613. The number of hydrogen-bond donors (Lipinski definition) is 4. The van der Waals surface area contributed by atoms with Gasteiger partial charge in [-0.2, -0.15) is 5.10 Å². The van der Waals surface area contributed by atoms with Gasteiger partial charge in [-0.05, 0) is 56.6 Å². The number of nitrogens with zero attached hydrogens (tertiary/aromatic N) is 2. The number of carbonyl (C=O) groups excluding carboxylic acids is 2. The molecule has 2 heterocycles. The maximum absolute atomic E-state index is 12.4. The summed E-state index contributed by atoms with van der Waals surface area (Å²) in [4.78, 5) is 28.6. The highest BCUT2D eigenvalue weighted by molar-refractivity contribution is 6.37. The van der Waals surface area contributed by atoms with Crippen LogP contribution < -0.4 is 15.4 Å². The SMILES string of the molecule is COc1ccc(CC(=O)Nc2cc([C@@H]3CCC([Si]COC(=O)NC4CCC(C)(O)CC4)C3)[nH]n2)cn1. The fourth-order valence-electron chi connectivity index (χ4n) is 4.89. The van der Waals surface area contributed by atoms with Crippen molar-refractivity contribution in [1.82, 2.24) is 20.5 Å². The summed E-state index contributed by atoms with van der Waals surface area (Å²) in [5.74, 6) is 1.23. The third-order valence-electron chi connectivity index (χ3n) is 7.07. The van der Waals surface area contributed by atoms with Gasteiger partial charge in [0.25, 0.3) is 0 Å². The number of rotatable bonds is 9. The van der Waals surface area contributed by atoms with Crippen molar-refractivity contribution in [2.24, 2.45) is 0 Å². The van der Waals surface area contributed by atoms with Crippen LogP contribution in [0.1, 0.15) is 69.0 Å². The Bertz CT molecular complexity index is 1020. The maximum atomic E-state index is 12.4. The summed E-state index contributed by atoms with van der Waals surface area (Å²) in [5, 5.41) is 23.1. The summed E-state index contributed by atoms with van der Waals surface area (Å²) in [7, 11) is 2.11. The Balaban J connectivity index is 1.14. The number of amides is 2. The van der Waals surface area contributed by atoms with Gasteiger partial charge in [-0.15, -0.1) is 0 Å². The first-order valence-corrected chi connectivity index (χ1v) is 13.8. The van der Waals surface area contributed by atoms with Crippen LogP contribution in [0.4, 0.5) is 10.6 Å². The van der Waals surface area contributed by atoms with Crippen molar-refractivity contribution < 1.29 is 24.2 Å². The van der Waals surface area contributed by atoms with E-state index in [1.807, 2.05) is 19.1 Å². The number of pyridine rings is 1. The molecular formula is C25H35N5O5Si. The lowest BCUT2D eigenvalue weighted by atomic mass is 9.84. The lowest BCUT2D eigenvalue weighted by Gasteiger charge is -2.33. The molecule has 2 saturated carbocycles. The van der Waals surface area contributed by atoms with Gasteiger partial charge in [0.15, 0.2) is 5.82 Å². The molecule has 0 aromatic carbocycles. The van der Waals surface area contributed by atoms with E-state index in [1.165, 1.54) is 0 Å². The summed E-state index contributed by atoms with van der Waals surface area (Å²) in [5.41, 5.74) is 1.72. The minimum absolute atomic E-state index is 0.0832. The molecule has 11 heteroatoms. The van der Waals surface area contributed by atoms with Gasteiger partial charge in [-0.25, -0.2) is 9.78 Å². The van der Waals surface area contributed by atoms with E-state index in [4.69, 9.17) is 9.47 Å². The molecule has 2 aromatic heterocycles. The maximum Gasteiger partial charge on any atom is 0.407 e. The van der Waals surface area contributed by atoms with Crippen molar-refractivity contribution in [2.45, 2.75) is 81.4 Å². The van der Waals surface area contributed by atoms with Gasteiger partial charge in [0.05, 0.1) is 34.9 Å². The molecular weight excluding hydrogens is 478 g/mol. The number of aliphatic hydroxyl groups is 1. The number of anilines is 1. The first-order chi connectivity index (χ1) is 17.3.